The third-order valence-electron chi connectivity index (χ3n) is 2.28. The van der Waals surface area contributed by atoms with Gasteiger partial charge in [-0.2, -0.15) is 0 Å². The van der Waals surface area contributed by atoms with E-state index in [2.05, 4.69) is 11.6 Å². The maximum Gasteiger partial charge on any atom is 0.142 e. The van der Waals surface area contributed by atoms with Crippen LogP contribution >= 0.6 is 11.6 Å². The molecule has 0 aliphatic rings. The molecule has 0 bridgehead atoms. The highest BCUT2D eigenvalue weighted by Gasteiger charge is 2.10. The van der Waals surface area contributed by atoms with Crippen molar-refractivity contribution >= 4 is 28.2 Å². The van der Waals surface area contributed by atoms with Crippen molar-refractivity contribution in [2.24, 2.45) is 0 Å². The van der Waals surface area contributed by atoms with Crippen molar-refractivity contribution in [3.05, 3.63) is 41.7 Å². The van der Waals surface area contributed by atoms with Crippen molar-refractivity contribution < 1.29 is 9.13 Å². The van der Waals surface area contributed by atoms with E-state index in [-0.39, 0.29) is 10.8 Å². The summed E-state index contributed by atoms with van der Waals surface area (Å²) in [5, 5.41) is 1.57. The molecule has 1 aromatic carbocycles. The standard InChI is InChI=1S/C12H9ClFNO/c1-7(14)12-8-4-3-5-10(16-2)9(8)6-11(13)15-12/h3-6H,1H2,2H3. The number of fused-ring (bicyclic) bond motifs is 1. The average Bonchev–Trinajstić information content (AvgIpc) is 2.27. The quantitative estimate of drug-likeness (QED) is 0.741. The number of halogens is 2. The fourth-order valence-electron chi connectivity index (χ4n) is 1.60. The fraction of sp³-hybridized carbons (Fsp3) is 0.0833. The molecule has 2 rings (SSSR count). The number of ether oxygens (including phenoxy) is 1. The van der Waals surface area contributed by atoms with Gasteiger partial charge in [-0.05, 0) is 12.1 Å². The number of rotatable bonds is 2. The molecule has 0 unspecified atom stereocenters. The highest BCUT2D eigenvalue weighted by Crippen LogP contribution is 2.31. The minimum absolute atomic E-state index is 0.154. The summed E-state index contributed by atoms with van der Waals surface area (Å²) in [7, 11) is 1.55. The zero-order valence-corrected chi connectivity index (χ0v) is 9.38. The van der Waals surface area contributed by atoms with Gasteiger partial charge in [0.15, 0.2) is 0 Å². The lowest BCUT2D eigenvalue weighted by Gasteiger charge is -2.08. The third-order valence-corrected chi connectivity index (χ3v) is 2.47. The van der Waals surface area contributed by atoms with Crippen molar-refractivity contribution in [2.75, 3.05) is 7.11 Å². The lowest BCUT2D eigenvalue weighted by molar-refractivity contribution is 0.420. The number of hydrogen-bond acceptors (Lipinski definition) is 2. The van der Waals surface area contributed by atoms with Crippen LogP contribution in [0.25, 0.3) is 16.6 Å². The lowest BCUT2D eigenvalue weighted by atomic mass is 10.1. The smallest absolute Gasteiger partial charge is 0.142 e. The van der Waals surface area contributed by atoms with Gasteiger partial charge in [0, 0.05) is 10.8 Å². The molecule has 0 atom stereocenters. The van der Waals surface area contributed by atoms with Gasteiger partial charge in [0.1, 0.15) is 22.4 Å². The number of aromatic nitrogens is 1. The molecule has 4 heteroatoms. The Balaban J connectivity index is 2.88. The number of methoxy groups -OCH3 is 1. The molecule has 2 nitrogen and oxygen atoms in total. The molecule has 0 aliphatic carbocycles. The summed E-state index contributed by atoms with van der Waals surface area (Å²) >= 11 is 5.82. The van der Waals surface area contributed by atoms with E-state index in [4.69, 9.17) is 16.3 Å². The molecule has 0 amide bonds. The van der Waals surface area contributed by atoms with Gasteiger partial charge in [-0.3, -0.25) is 0 Å². The Hall–Kier alpha value is -1.61. The lowest BCUT2D eigenvalue weighted by Crippen LogP contribution is -1.91. The third kappa shape index (κ3) is 1.74. The van der Waals surface area contributed by atoms with Gasteiger partial charge in [-0.25, -0.2) is 9.37 Å². The topological polar surface area (TPSA) is 22.1 Å². The van der Waals surface area contributed by atoms with E-state index in [0.717, 1.165) is 5.39 Å². The van der Waals surface area contributed by atoms with Crippen LogP contribution in [0.1, 0.15) is 5.69 Å². The van der Waals surface area contributed by atoms with Gasteiger partial charge in [0.25, 0.3) is 0 Å². The molecule has 0 fully saturated rings. The number of pyridine rings is 1. The van der Waals surface area contributed by atoms with Crippen molar-refractivity contribution in [2.45, 2.75) is 0 Å². The van der Waals surface area contributed by atoms with E-state index >= 15 is 0 Å². The zero-order chi connectivity index (χ0) is 11.7. The van der Waals surface area contributed by atoms with Crippen LogP contribution in [0.2, 0.25) is 5.15 Å². The van der Waals surface area contributed by atoms with Gasteiger partial charge in [-0.1, -0.05) is 30.3 Å². The highest BCUT2D eigenvalue weighted by atomic mass is 35.5. The molecule has 0 saturated heterocycles. The number of hydrogen-bond donors (Lipinski definition) is 0. The van der Waals surface area contributed by atoms with Gasteiger partial charge >= 0.3 is 0 Å². The van der Waals surface area contributed by atoms with E-state index in [9.17, 15) is 4.39 Å². The van der Waals surface area contributed by atoms with Gasteiger partial charge in [0.2, 0.25) is 0 Å². The summed E-state index contributed by atoms with van der Waals surface area (Å²) in [5.74, 6) is 0.0186. The predicted octanol–water partition coefficient (Wildman–Crippen LogP) is 3.84. The Kier molecular flexibility index (Phi) is 2.79. The normalized spacial score (nSPS) is 10.4. The molecule has 0 saturated carbocycles. The molecule has 82 valence electrons. The first-order valence-corrected chi connectivity index (χ1v) is 4.99. The van der Waals surface area contributed by atoms with Crippen LogP contribution in [0.5, 0.6) is 5.75 Å². The fourth-order valence-corrected chi connectivity index (χ4v) is 1.80. The molecular weight excluding hydrogens is 229 g/mol. The van der Waals surface area contributed by atoms with E-state index in [1.54, 1.807) is 31.4 Å². The second-order valence-corrected chi connectivity index (χ2v) is 3.64. The van der Waals surface area contributed by atoms with Gasteiger partial charge in [-0.15, -0.1) is 0 Å². The van der Waals surface area contributed by atoms with Crippen LogP contribution in [-0.2, 0) is 0 Å². The largest absolute Gasteiger partial charge is 0.496 e. The van der Waals surface area contributed by atoms with Crippen LogP contribution in [-0.4, -0.2) is 12.1 Å². The van der Waals surface area contributed by atoms with Gasteiger partial charge in [0.05, 0.1) is 7.11 Å². The molecular formula is C12H9ClFNO. The summed E-state index contributed by atoms with van der Waals surface area (Å²) in [4.78, 5) is 3.91. The highest BCUT2D eigenvalue weighted by molar-refractivity contribution is 6.30. The molecule has 0 spiro atoms. The van der Waals surface area contributed by atoms with Gasteiger partial charge < -0.3 is 4.74 Å². The first kappa shape index (κ1) is 10.9. The number of benzene rings is 1. The Morgan fingerprint density at radius 1 is 1.44 bits per heavy atom. The van der Waals surface area contributed by atoms with Crippen LogP contribution < -0.4 is 4.74 Å². The maximum absolute atomic E-state index is 13.2. The molecule has 1 heterocycles. The first-order valence-electron chi connectivity index (χ1n) is 4.61. The molecule has 0 radical (unpaired) electrons. The van der Waals surface area contributed by atoms with E-state index < -0.39 is 5.83 Å². The van der Waals surface area contributed by atoms with Crippen LogP contribution in [0.15, 0.2) is 30.8 Å². The SMILES string of the molecule is C=C(F)c1nc(Cl)cc2c(OC)cccc12. The summed E-state index contributed by atoms with van der Waals surface area (Å²) in [6.07, 6.45) is 0. The first-order chi connectivity index (χ1) is 7.63. The molecule has 1 aromatic heterocycles. The molecule has 16 heavy (non-hydrogen) atoms. The minimum Gasteiger partial charge on any atom is -0.496 e. The summed E-state index contributed by atoms with van der Waals surface area (Å²) in [6.45, 7) is 3.24. The van der Waals surface area contributed by atoms with E-state index in [0.29, 0.717) is 11.1 Å². The number of nitrogens with zero attached hydrogens (tertiary/aromatic N) is 1. The van der Waals surface area contributed by atoms with E-state index in [1.807, 2.05) is 0 Å². The monoisotopic (exact) mass is 237 g/mol. The molecule has 0 N–H and O–H groups in total. The van der Waals surface area contributed by atoms with Crippen molar-refractivity contribution in [3.63, 3.8) is 0 Å². The van der Waals surface area contributed by atoms with Crippen LogP contribution in [0.3, 0.4) is 0 Å². The Bertz CT molecular complexity index is 568. The van der Waals surface area contributed by atoms with Crippen molar-refractivity contribution in [3.8, 4) is 5.75 Å². The Morgan fingerprint density at radius 3 is 2.81 bits per heavy atom. The van der Waals surface area contributed by atoms with E-state index in [1.165, 1.54) is 0 Å². The average molecular weight is 238 g/mol. The van der Waals surface area contributed by atoms with Crippen LogP contribution in [0.4, 0.5) is 4.39 Å². The summed E-state index contributed by atoms with van der Waals surface area (Å²) in [5.41, 5.74) is 0.154. The van der Waals surface area contributed by atoms with Crippen LogP contribution in [0, 0.1) is 0 Å². The van der Waals surface area contributed by atoms with Crippen molar-refractivity contribution in [1.29, 1.82) is 0 Å². The second-order valence-electron chi connectivity index (χ2n) is 3.25. The maximum atomic E-state index is 13.2. The minimum atomic E-state index is -0.610. The Morgan fingerprint density at radius 2 is 2.19 bits per heavy atom. The molecule has 0 aliphatic heterocycles. The summed E-state index contributed by atoms with van der Waals surface area (Å²) in [6, 6.07) is 6.94. The predicted molar refractivity (Wildman–Crippen MR) is 63.4 cm³/mol. The molecule has 2 aromatic rings. The van der Waals surface area contributed by atoms with Crippen molar-refractivity contribution in [1.82, 2.24) is 4.98 Å². The second kappa shape index (κ2) is 4.10. The zero-order valence-electron chi connectivity index (χ0n) is 8.63. The summed E-state index contributed by atoms with van der Waals surface area (Å²) < 4.78 is 18.4. The Labute approximate surface area is 97.3 Å².